The Morgan fingerprint density at radius 1 is 0.974 bits per heavy atom. The van der Waals surface area contributed by atoms with Crippen molar-refractivity contribution in [1.29, 1.82) is 0 Å². The molecule has 1 unspecified atom stereocenters. The normalized spacial score (nSPS) is 14.8. The molecular formula is C27H36N6O6. The quantitative estimate of drug-likeness (QED) is 0.536. The van der Waals surface area contributed by atoms with Gasteiger partial charge in [0.1, 0.15) is 23.2 Å². The van der Waals surface area contributed by atoms with Crippen molar-refractivity contribution in [2.75, 3.05) is 31.5 Å². The summed E-state index contributed by atoms with van der Waals surface area (Å²) in [6.45, 7) is 11.3. The third kappa shape index (κ3) is 7.65. The number of amides is 4. The maximum absolute atomic E-state index is 13.0. The van der Waals surface area contributed by atoms with Crippen LogP contribution >= 0.6 is 0 Å². The molecule has 4 amide bonds. The smallest absolute Gasteiger partial charge is 0.408 e. The minimum absolute atomic E-state index is 0.105. The van der Waals surface area contributed by atoms with E-state index in [0.29, 0.717) is 5.69 Å². The molecule has 210 valence electrons. The summed E-state index contributed by atoms with van der Waals surface area (Å²) in [6, 6.07) is 8.07. The summed E-state index contributed by atoms with van der Waals surface area (Å²) in [5, 5.41) is 5.24. The number of nitrogens with zero attached hydrogens (tertiary/aromatic N) is 4. The van der Waals surface area contributed by atoms with E-state index in [2.05, 4.69) is 15.6 Å². The van der Waals surface area contributed by atoms with Gasteiger partial charge in [-0.2, -0.15) is 4.98 Å². The maximum atomic E-state index is 13.0. The van der Waals surface area contributed by atoms with Gasteiger partial charge in [-0.3, -0.25) is 14.7 Å². The van der Waals surface area contributed by atoms with Gasteiger partial charge in [0, 0.05) is 38.3 Å². The number of aldehydes is 1. The lowest BCUT2D eigenvalue weighted by molar-refractivity contribution is -0.138. The lowest BCUT2D eigenvalue weighted by Gasteiger charge is -2.38. The molecule has 1 aromatic carbocycles. The molecule has 0 spiro atoms. The molecule has 1 atom stereocenters. The van der Waals surface area contributed by atoms with Crippen LogP contribution in [0, 0.1) is 0 Å². The van der Waals surface area contributed by atoms with Crippen molar-refractivity contribution >= 4 is 30.1 Å². The van der Waals surface area contributed by atoms with Crippen LogP contribution in [0.4, 0.5) is 15.4 Å². The highest BCUT2D eigenvalue weighted by Crippen LogP contribution is 2.17. The Hall–Kier alpha value is -4.22. The first kappa shape index (κ1) is 29.3. The lowest BCUT2D eigenvalue weighted by atomic mass is 10.0. The number of aromatic nitrogens is 2. The van der Waals surface area contributed by atoms with Gasteiger partial charge in [0.25, 0.3) is 0 Å². The van der Waals surface area contributed by atoms with Crippen molar-refractivity contribution in [3.8, 4) is 5.69 Å². The molecule has 2 aromatic rings. The minimum Gasteiger partial charge on any atom is -0.444 e. The molecule has 12 heteroatoms. The highest BCUT2D eigenvalue weighted by atomic mass is 16.6. The van der Waals surface area contributed by atoms with Crippen molar-refractivity contribution in [2.24, 2.45) is 0 Å². The summed E-state index contributed by atoms with van der Waals surface area (Å²) in [5.74, 6) is -0.423. The van der Waals surface area contributed by atoms with Crippen LogP contribution in [0.3, 0.4) is 0 Å². The van der Waals surface area contributed by atoms with Gasteiger partial charge in [-0.05, 0) is 58.4 Å². The van der Waals surface area contributed by atoms with E-state index in [1.807, 2.05) is 0 Å². The van der Waals surface area contributed by atoms with E-state index in [4.69, 9.17) is 4.74 Å². The van der Waals surface area contributed by atoms with Gasteiger partial charge in [-0.25, -0.2) is 14.4 Å². The summed E-state index contributed by atoms with van der Waals surface area (Å²) in [6.07, 6.45) is 1.68. The molecule has 0 radical (unpaired) electrons. The number of piperazine rings is 1. The molecule has 1 fully saturated rings. The first-order chi connectivity index (χ1) is 18.2. The molecule has 1 aliphatic rings. The second-order valence-electron chi connectivity index (χ2n) is 10.9. The van der Waals surface area contributed by atoms with Crippen molar-refractivity contribution < 1.29 is 23.9 Å². The van der Waals surface area contributed by atoms with E-state index in [1.165, 1.54) is 21.7 Å². The largest absolute Gasteiger partial charge is 0.444 e. The van der Waals surface area contributed by atoms with Crippen LogP contribution in [-0.2, 0) is 14.3 Å². The third-order valence-corrected chi connectivity index (χ3v) is 6.14. The average Bonchev–Trinajstić information content (AvgIpc) is 2.86. The van der Waals surface area contributed by atoms with Crippen molar-refractivity contribution in [3.63, 3.8) is 0 Å². The SMILES string of the molecule is CC(C=O)c1ccc(-n2ccc(NC(=O)N3CCN(C(=O)C(C)(C)NC(=O)OC(C)(C)C)CC3)nc2=O)cc1. The van der Waals surface area contributed by atoms with Crippen LogP contribution in [0.5, 0.6) is 0 Å². The van der Waals surface area contributed by atoms with Gasteiger partial charge in [0.2, 0.25) is 5.91 Å². The fourth-order valence-electron chi connectivity index (χ4n) is 4.00. The Morgan fingerprint density at radius 2 is 1.56 bits per heavy atom. The number of urea groups is 1. The molecular weight excluding hydrogens is 504 g/mol. The molecule has 2 heterocycles. The number of carbonyl (C=O) groups is 4. The predicted molar refractivity (Wildman–Crippen MR) is 145 cm³/mol. The molecule has 0 saturated carbocycles. The molecule has 39 heavy (non-hydrogen) atoms. The van der Waals surface area contributed by atoms with E-state index < -0.39 is 29.0 Å². The number of hydrogen-bond acceptors (Lipinski definition) is 7. The molecule has 1 aliphatic heterocycles. The zero-order chi connectivity index (χ0) is 29.0. The van der Waals surface area contributed by atoms with Gasteiger partial charge in [0.15, 0.2) is 0 Å². The van der Waals surface area contributed by atoms with Crippen LogP contribution in [0.15, 0.2) is 41.3 Å². The number of benzene rings is 1. The standard InChI is InChI=1S/C27H36N6O6/c1-18(17-34)19-7-9-20(10-8-19)33-12-11-21(29-24(33)37)28-23(36)32-15-13-31(14-16-32)22(35)27(5,6)30-25(38)39-26(2,3)4/h7-12,17-18H,13-16H2,1-6H3,(H,30,38)(H,28,29,36,37). The second kappa shape index (κ2) is 11.7. The number of carbonyl (C=O) groups excluding carboxylic acids is 4. The highest BCUT2D eigenvalue weighted by molar-refractivity contribution is 5.90. The van der Waals surface area contributed by atoms with Crippen molar-refractivity contribution in [1.82, 2.24) is 24.7 Å². The van der Waals surface area contributed by atoms with E-state index >= 15 is 0 Å². The minimum atomic E-state index is -1.19. The first-order valence-electron chi connectivity index (χ1n) is 12.7. The average molecular weight is 541 g/mol. The lowest BCUT2D eigenvalue weighted by Crippen LogP contribution is -2.60. The van der Waals surface area contributed by atoms with Crippen LogP contribution < -0.4 is 16.3 Å². The van der Waals surface area contributed by atoms with Crippen LogP contribution in [0.1, 0.15) is 53.0 Å². The molecule has 0 bridgehead atoms. The van der Waals surface area contributed by atoms with E-state index in [9.17, 15) is 24.0 Å². The molecule has 2 N–H and O–H groups in total. The summed E-state index contributed by atoms with van der Waals surface area (Å²) >= 11 is 0. The Kier molecular flexibility index (Phi) is 8.78. The van der Waals surface area contributed by atoms with Crippen molar-refractivity contribution in [2.45, 2.75) is 58.6 Å². The van der Waals surface area contributed by atoms with Gasteiger partial charge in [-0.15, -0.1) is 0 Å². The summed E-state index contributed by atoms with van der Waals surface area (Å²) in [7, 11) is 0. The zero-order valence-corrected chi connectivity index (χ0v) is 23.2. The maximum Gasteiger partial charge on any atom is 0.408 e. The monoisotopic (exact) mass is 540 g/mol. The Bertz CT molecular complexity index is 1270. The van der Waals surface area contributed by atoms with E-state index in [1.54, 1.807) is 70.7 Å². The number of alkyl carbamates (subject to hydrolysis) is 1. The number of nitrogens with one attached hydrogen (secondary N) is 2. The van der Waals surface area contributed by atoms with Gasteiger partial charge >= 0.3 is 17.8 Å². The molecule has 0 aliphatic carbocycles. The van der Waals surface area contributed by atoms with Gasteiger partial charge in [-0.1, -0.05) is 19.1 Å². The highest BCUT2D eigenvalue weighted by Gasteiger charge is 2.36. The fourth-order valence-corrected chi connectivity index (χ4v) is 4.00. The van der Waals surface area contributed by atoms with E-state index in [0.717, 1.165) is 11.8 Å². The van der Waals surface area contributed by atoms with Crippen LogP contribution in [-0.4, -0.2) is 81.0 Å². The molecule has 3 rings (SSSR count). The Labute approximate surface area is 227 Å². The number of rotatable bonds is 6. The van der Waals surface area contributed by atoms with Gasteiger partial charge < -0.3 is 24.6 Å². The zero-order valence-electron chi connectivity index (χ0n) is 23.2. The summed E-state index contributed by atoms with van der Waals surface area (Å²) < 4.78 is 6.59. The van der Waals surface area contributed by atoms with Crippen molar-refractivity contribution in [3.05, 3.63) is 52.6 Å². The van der Waals surface area contributed by atoms with Crippen LogP contribution in [0.2, 0.25) is 0 Å². The summed E-state index contributed by atoms with van der Waals surface area (Å²) in [4.78, 5) is 68.6. The number of anilines is 1. The predicted octanol–water partition coefficient (Wildman–Crippen LogP) is 2.51. The Morgan fingerprint density at radius 3 is 2.10 bits per heavy atom. The second-order valence-corrected chi connectivity index (χ2v) is 10.9. The van der Waals surface area contributed by atoms with Gasteiger partial charge in [0.05, 0.1) is 5.69 Å². The summed E-state index contributed by atoms with van der Waals surface area (Å²) in [5.41, 5.74) is -1.03. The fraction of sp³-hybridized carbons (Fsp3) is 0.481. The third-order valence-electron chi connectivity index (χ3n) is 6.14. The topological polar surface area (TPSA) is 143 Å². The number of hydrogen-bond donors (Lipinski definition) is 2. The van der Waals surface area contributed by atoms with E-state index in [-0.39, 0.29) is 43.8 Å². The molecule has 12 nitrogen and oxygen atoms in total. The molecule has 1 saturated heterocycles. The van der Waals surface area contributed by atoms with Crippen LogP contribution in [0.25, 0.3) is 5.69 Å². The Balaban J connectivity index is 1.56. The first-order valence-corrected chi connectivity index (χ1v) is 12.7. The number of ether oxygens (including phenoxy) is 1. The molecule has 1 aromatic heterocycles.